The smallest absolute Gasteiger partial charge is 0.336 e. The highest BCUT2D eigenvalue weighted by molar-refractivity contribution is 5.87. The predicted octanol–water partition coefficient (Wildman–Crippen LogP) is 1.56. The van der Waals surface area contributed by atoms with Crippen molar-refractivity contribution in [1.29, 1.82) is 0 Å². The van der Waals surface area contributed by atoms with Crippen molar-refractivity contribution in [1.82, 2.24) is 0 Å². The van der Waals surface area contributed by atoms with Gasteiger partial charge in [0.05, 0.1) is 6.04 Å². The molecule has 0 amide bonds. The Morgan fingerprint density at radius 1 is 1.39 bits per heavy atom. The van der Waals surface area contributed by atoms with Gasteiger partial charge in [-0.25, -0.2) is 4.79 Å². The number of rotatable bonds is 3. The lowest BCUT2D eigenvalue weighted by Gasteiger charge is -2.06. The lowest BCUT2D eigenvalue weighted by atomic mass is 10.0. The van der Waals surface area contributed by atoms with Gasteiger partial charge < -0.3 is 10.2 Å². The molecule has 0 radical (unpaired) electrons. The van der Waals surface area contributed by atoms with E-state index < -0.39 is 6.04 Å². The molecule has 0 fully saturated rings. The van der Waals surface area contributed by atoms with Crippen molar-refractivity contribution in [2.45, 2.75) is 26.3 Å². The summed E-state index contributed by atoms with van der Waals surface area (Å²) in [5, 5.41) is 0.881. The third-order valence-corrected chi connectivity index (χ3v) is 2.90. The van der Waals surface area contributed by atoms with Crippen LogP contribution in [0.5, 0.6) is 0 Å². The maximum Gasteiger partial charge on any atom is 0.336 e. The quantitative estimate of drug-likeness (QED) is 0.833. The first-order chi connectivity index (χ1) is 8.47. The SMILES string of the molecule is Cc1cc(=O)oc2cc(CC(=O)[C@H](C)N)ccc12. The Morgan fingerprint density at radius 2 is 2.11 bits per heavy atom. The van der Waals surface area contributed by atoms with Crippen molar-refractivity contribution in [3.63, 3.8) is 0 Å². The molecule has 94 valence electrons. The van der Waals surface area contributed by atoms with Gasteiger partial charge in [-0.15, -0.1) is 0 Å². The average Bonchev–Trinajstić information content (AvgIpc) is 2.27. The van der Waals surface area contributed by atoms with Gasteiger partial charge in [-0.05, 0) is 31.0 Å². The first-order valence-corrected chi connectivity index (χ1v) is 5.79. The third-order valence-electron chi connectivity index (χ3n) is 2.90. The van der Waals surface area contributed by atoms with Crippen LogP contribution < -0.4 is 11.4 Å². The minimum atomic E-state index is -0.481. The molecule has 1 aromatic heterocycles. The molecule has 0 aliphatic rings. The van der Waals surface area contributed by atoms with Gasteiger partial charge in [-0.1, -0.05) is 12.1 Å². The second-order valence-electron chi connectivity index (χ2n) is 4.51. The van der Waals surface area contributed by atoms with Crippen LogP contribution in [-0.4, -0.2) is 11.8 Å². The van der Waals surface area contributed by atoms with E-state index >= 15 is 0 Å². The van der Waals surface area contributed by atoms with Crippen LogP contribution in [0.15, 0.2) is 33.5 Å². The zero-order chi connectivity index (χ0) is 13.3. The second-order valence-corrected chi connectivity index (χ2v) is 4.51. The Hall–Kier alpha value is -1.94. The number of carbonyl (C=O) groups is 1. The maximum absolute atomic E-state index is 11.6. The lowest BCUT2D eigenvalue weighted by Crippen LogP contribution is -2.28. The van der Waals surface area contributed by atoms with E-state index in [1.165, 1.54) is 6.07 Å². The summed E-state index contributed by atoms with van der Waals surface area (Å²) in [5.74, 6) is -0.0376. The highest BCUT2D eigenvalue weighted by Gasteiger charge is 2.10. The summed E-state index contributed by atoms with van der Waals surface area (Å²) < 4.78 is 5.13. The molecule has 0 saturated carbocycles. The number of hydrogen-bond acceptors (Lipinski definition) is 4. The van der Waals surface area contributed by atoms with Crippen molar-refractivity contribution >= 4 is 16.8 Å². The molecule has 1 atom stereocenters. The molecule has 0 aliphatic heterocycles. The molecule has 18 heavy (non-hydrogen) atoms. The molecule has 2 rings (SSSR count). The van der Waals surface area contributed by atoms with E-state index in [9.17, 15) is 9.59 Å². The number of carbonyl (C=O) groups excluding carboxylic acids is 1. The topological polar surface area (TPSA) is 73.3 Å². The van der Waals surface area contributed by atoms with Crippen LogP contribution in [0.3, 0.4) is 0 Å². The molecule has 2 N–H and O–H groups in total. The normalized spacial score (nSPS) is 12.6. The maximum atomic E-state index is 11.6. The highest BCUT2D eigenvalue weighted by atomic mass is 16.4. The van der Waals surface area contributed by atoms with E-state index in [-0.39, 0.29) is 17.8 Å². The largest absolute Gasteiger partial charge is 0.423 e. The number of nitrogens with two attached hydrogens (primary N) is 1. The van der Waals surface area contributed by atoms with Crippen LogP contribution in [0.4, 0.5) is 0 Å². The minimum absolute atomic E-state index is 0.0376. The van der Waals surface area contributed by atoms with Crippen molar-refractivity contribution in [2.24, 2.45) is 5.73 Å². The third kappa shape index (κ3) is 2.49. The van der Waals surface area contributed by atoms with Crippen molar-refractivity contribution in [3.05, 3.63) is 45.8 Å². The molecule has 1 aromatic carbocycles. The van der Waals surface area contributed by atoms with Crippen LogP contribution in [0, 0.1) is 6.92 Å². The zero-order valence-corrected chi connectivity index (χ0v) is 10.4. The number of fused-ring (bicyclic) bond motifs is 1. The summed E-state index contributed by atoms with van der Waals surface area (Å²) in [6.45, 7) is 3.51. The Bertz CT molecular complexity index is 656. The second kappa shape index (κ2) is 4.74. The Morgan fingerprint density at radius 3 is 2.78 bits per heavy atom. The van der Waals surface area contributed by atoms with Gasteiger partial charge in [0.25, 0.3) is 0 Å². The van der Waals surface area contributed by atoms with E-state index in [2.05, 4.69) is 0 Å². The number of ketones is 1. The Balaban J connectivity index is 2.44. The fourth-order valence-electron chi connectivity index (χ4n) is 1.84. The van der Waals surface area contributed by atoms with Gasteiger partial charge in [0, 0.05) is 17.9 Å². The Kier molecular flexibility index (Phi) is 3.30. The van der Waals surface area contributed by atoms with Crippen molar-refractivity contribution in [2.75, 3.05) is 0 Å². The number of benzene rings is 1. The molecule has 4 heteroatoms. The summed E-state index contributed by atoms with van der Waals surface area (Å²) >= 11 is 0. The van der Waals surface area contributed by atoms with Gasteiger partial charge >= 0.3 is 5.63 Å². The Labute approximate surface area is 104 Å². The van der Waals surface area contributed by atoms with Gasteiger partial charge in [0.2, 0.25) is 0 Å². The van der Waals surface area contributed by atoms with Crippen molar-refractivity contribution in [3.8, 4) is 0 Å². The molecule has 0 unspecified atom stereocenters. The first-order valence-electron chi connectivity index (χ1n) is 5.79. The molecule has 0 spiro atoms. The summed E-state index contributed by atoms with van der Waals surface area (Å²) in [6.07, 6.45) is 0.255. The summed E-state index contributed by atoms with van der Waals surface area (Å²) in [7, 11) is 0. The van der Waals surface area contributed by atoms with Gasteiger partial charge in [0.1, 0.15) is 5.58 Å². The fraction of sp³-hybridized carbons (Fsp3) is 0.286. The monoisotopic (exact) mass is 245 g/mol. The number of aryl methyl sites for hydroxylation is 1. The van der Waals surface area contributed by atoms with Crippen LogP contribution in [-0.2, 0) is 11.2 Å². The standard InChI is InChI=1S/C14H15NO3/c1-8-5-14(17)18-13-7-10(3-4-11(8)13)6-12(16)9(2)15/h3-5,7,9H,6,15H2,1-2H3/t9-/m0/s1. The van der Waals surface area contributed by atoms with Crippen LogP contribution in [0.2, 0.25) is 0 Å². The average molecular weight is 245 g/mol. The lowest BCUT2D eigenvalue weighted by molar-refractivity contribution is -0.119. The van der Waals surface area contributed by atoms with E-state index in [1.807, 2.05) is 19.1 Å². The van der Waals surface area contributed by atoms with Crippen molar-refractivity contribution < 1.29 is 9.21 Å². The highest BCUT2D eigenvalue weighted by Crippen LogP contribution is 2.18. The molecular weight excluding hydrogens is 230 g/mol. The predicted molar refractivity (Wildman–Crippen MR) is 69.6 cm³/mol. The number of hydrogen-bond donors (Lipinski definition) is 1. The zero-order valence-electron chi connectivity index (χ0n) is 10.4. The van der Waals surface area contributed by atoms with E-state index in [0.717, 1.165) is 16.5 Å². The van der Waals surface area contributed by atoms with Gasteiger partial charge in [-0.3, -0.25) is 4.79 Å². The van der Waals surface area contributed by atoms with Crippen LogP contribution in [0.25, 0.3) is 11.0 Å². The van der Waals surface area contributed by atoms with Crippen LogP contribution >= 0.6 is 0 Å². The molecule has 0 saturated heterocycles. The minimum Gasteiger partial charge on any atom is -0.423 e. The molecular formula is C14H15NO3. The molecule has 4 nitrogen and oxygen atoms in total. The summed E-state index contributed by atoms with van der Waals surface area (Å²) in [5.41, 5.74) is 7.32. The van der Waals surface area contributed by atoms with Crippen LogP contribution in [0.1, 0.15) is 18.1 Å². The molecule has 0 aliphatic carbocycles. The molecule has 2 aromatic rings. The summed E-state index contributed by atoms with van der Waals surface area (Å²) in [4.78, 5) is 22.9. The molecule has 0 bridgehead atoms. The summed E-state index contributed by atoms with van der Waals surface area (Å²) in [6, 6.07) is 6.41. The molecule has 1 heterocycles. The fourth-order valence-corrected chi connectivity index (χ4v) is 1.84. The van der Waals surface area contributed by atoms with E-state index in [4.69, 9.17) is 10.2 Å². The van der Waals surface area contributed by atoms with E-state index in [0.29, 0.717) is 5.58 Å². The first kappa shape index (κ1) is 12.5. The van der Waals surface area contributed by atoms with Gasteiger partial charge in [0.15, 0.2) is 5.78 Å². The number of Topliss-reactive ketones (excluding diaryl/α,β-unsaturated/α-hetero) is 1. The van der Waals surface area contributed by atoms with Gasteiger partial charge in [-0.2, -0.15) is 0 Å². The van der Waals surface area contributed by atoms with E-state index in [1.54, 1.807) is 13.0 Å².